The molecule has 0 heterocycles. The molecule has 2 atom stereocenters. The molecule has 0 aliphatic heterocycles. The van der Waals surface area contributed by atoms with E-state index >= 15 is 0 Å². The van der Waals surface area contributed by atoms with Crippen LogP contribution in [0.4, 0.5) is 0 Å². The van der Waals surface area contributed by atoms with Crippen molar-refractivity contribution in [2.24, 2.45) is 17.3 Å². The minimum Gasteiger partial charge on any atom is -0.468 e. The number of carbonyl (C=O) groups excluding carboxylic acids is 2. The quantitative estimate of drug-likeness (QED) is 0.287. The maximum Gasteiger partial charge on any atom is 0.323 e. The van der Waals surface area contributed by atoms with Crippen LogP contribution in [0.25, 0.3) is 0 Å². The Bertz CT molecular complexity index is 854. The van der Waals surface area contributed by atoms with E-state index in [2.05, 4.69) is 80.7 Å². The highest BCUT2D eigenvalue weighted by molar-refractivity contribution is 6.79. The van der Waals surface area contributed by atoms with E-state index in [-0.39, 0.29) is 5.92 Å². The van der Waals surface area contributed by atoms with Gasteiger partial charge in [-0.2, -0.15) is 0 Å². The fourth-order valence-electron chi connectivity index (χ4n) is 6.02. The molecule has 0 aromatic heterocycles. The highest BCUT2D eigenvalue weighted by atomic mass is 28.3. The molecule has 2 aromatic rings. The van der Waals surface area contributed by atoms with Crippen molar-refractivity contribution >= 4 is 20.0 Å². The molecule has 1 fully saturated rings. The normalized spacial score (nSPS) is 20.2. The van der Waals surface area contributed by atoms with Crippen molar-refractivity contribution < 1.29 is 19.1 Å². The first-order valence-electron chi connectivity index (χ1n) is 11.6. The van der Waals surface area contributed by atoms with Crippen LogP contribution in [0.5, 0.6) is 0 Å². The van der Waals surface area contributed by atoms with Gasteiger partial charge in [-0.1, -0.05) is 93.1 Å². The van der Waals surface area contributed by atoms with E-state index in [9.17, 15) is 9.59 Å². The summed E-state index contributed by atoms with van der Waals surface area (Å²) < 4.78 is 10.2. The van der Waals surface area contributed by atoms with E-state index in [0.29, 0.717) is 24.3 Å². The van der Waals surface area contributed by atoms with Crippen molar-refractivity contribution in [3.8, 4) is 0 Å². The summed E-state index contributed by atoms with van der Waals surface area (Å²) in [6.45, 7) is 7.05. The number of methoxy groups -OCH3 is 2. The van der Waals surface area contributed by atoms with Crippen molar-refractivity contribution in [1.29, 1.82) is 0 Å². The van der Waals surface area contributed by atoms with Gasteiger partial charge in [-0.25, -0.2) is 0 Å². The number of carbonyl (C=O) groups is 2. The molecule has 0 bridgehead atoms. The third-order valence-corrected chi connectivity index (χ3v) is 11.2. The Kier molecular flexibility index (Phi) is 7.60. The van der Waals surface area contributed by atoms with Crippen LogP contribution >= 0.6 is 0 Å². The van der Waals surface area contributed by atoms with E-state index in [4.69, 9.17) is 9.47 Å². The van der Waals surface area contributed by atoms with Gasteiger partial charge in [-0.15, -0.1) is 0 Å². The first kappa shape index (κ1) is 24.2. The summed E-state index contributed by atoms with van der Waals surface area (Å²) >= 11 is 0. The van der Waals surface area contributed by atoms with E-state index in [1.807, 2.05) is 0 Å². The molecule has 172 valence electrons. The number of benzene rings is 2. The second-order valence-corrected chi connectivity index (χ2v) is 14.8. The second kappa shape index (κ2) is 10.0. The maximum absolute atomic E-state index is 12.8. The summed E-state index contributed by atoms with van der Waals surface area (Å²) in [6, 6.07) is 22.5. The molecule has 0 unspecified atom stereocenters. The summed E-state index contributed by atoms with van der Waals surface area (Å²) in [5, 5.41) is 0. The van der Waals surface area contributed by atoms with Crippen LogP contribution in [0, 0.1) is 17.3 Å². The highest BCUT2D eigenvalue weighted by Crippen LogP contribution is 2.52. The fourth-order valence-corrected chi connectivity index (χ4v) is 10.3. The Morgan fingerprint density at radius 1 is 0.875 bits per heavy atom. The molecule has 0 saturated heterocycles. The Morgan fingerprint density at radius 2 is 1.31 bits per heavy atom. The number of hydrogen-bond donors (Lipinski definition) is 0. The average Bonchev–Trinajstić information content (AvgIpc) is 3.18. The third kappa shape index (κ3) is 4.68. The standard InChI is InChI=1S/C27H36O4Si/c1-6-20-17-27(25(28)30-2,26(29)31-3)18-23(20)19-32(4,5)24(21-13-9-7-10-14-21)22-15-11-8-12-16-22/h7-16,20,23-24H,6,17-19H2,1-5H3/t20-,23+/m0/s1. The van der Waals surface area contributed by atoms with Crippen LogP contribution in [0.2, 0.25) is 19.1 Å². The van der Waals surface area contributed by atoms with Gasteiger partial charge in [0.15, 0.2) is 5.41 Å². The van der Waals surface area contributed by atoms with Gasteiger partial charge in [-0.3, -0.25) is 9.59 Å². The summed E-state index contributed by atoms with van der Waals surface area (Å²) in [7, 11) is 0.830. The number of hydrogen-bond acceptors (Lipinski definition) is 4. The van der Waals surface area contributed by atoms with Crippen LogP contribution in [0.3, 0.4) is 0 Å². The molecule has 1 aliphatic rings. The second-order valence-electron chi connectivity index (χ2n) is 9.85. The van der Waals surface area contributed by atoms with E-state index in [0.717, 1.165) is 12.5 Å². The van der Waals surface area contributed by atoms with Gasteiger partial charge >= 0.3 is 11.9 Å². The molecule has 0 spiro atoms. The van der Waals surface area contributed by atoms with Gasteiger partial charge < -0.3 is 9.47 Å². The van der Waals surface area contributed by atoms with Crippen molar-refractivity contribution in [2.75, 3.05) is 14.2 Å². The fraction of sp³-hybridized carbons (Fsp3) is 0.481. The van der Waals surface area contributed by atoms with Crippen LogP contribution in [0.1, 0.15) is 42.9 Å². The number of ether oxygens (including phenoxy) is 2. The Morgan fingerprint density at radius 3 is 1.72 bits per heavy atom. The zero-order valence-electron chi connectivity index (χ0n) is 20.0. The van der Waals surface area contributed by atoms with Gasteiger partial charge in [0.25, 0.3) is 0 Å². The Labute approximate surface area is 193 Å². The predicted molar refractivity (Wildman–Crippen MR) is 130 cm³/mol. The van der Waals surface area contributed by atoms with Crippen LogP contribution in [-0.4, -0.2) is 34.2 Å². The molecule has 3 rings (SSSR count). The molecular formula is C27H36O4Si. The lowest BCUT2D eigenvalue weighted by Gasteiger charge is -2.37. The van der Waals surface area contributed by atoms with Crippen LogP contribution < -0.4 is 0 Å². The van der Waals surface area contributed by atoms with Gasteiger partial charge in [0, 0.05) is 5.54 Å². The summed E-state index contributed by atoms with van der Waals surface area (Å²) in [5.41, 5.74) is 1.85. The monoisotopic (exact) mass is 452 g/mol. The predicted octanol–water partition coefficient (Wildman–Crippen LogP) is 5.83. The first-order valence-corrected chi connectivity index (χ1v) is 14.8. The maximum atomic E-state index is 12.8. The van der Waals surface area contributed by atoms with Gasteiger partial charge in [0.2, 0.25) is 0 Å². The molecule has 5 heteroatoms. The lowest BCUT2D eigenvalue weighted by Crippen LogP contribution is -2.40. The highest BCUT2D eigenvalue weighted by Gasteiger charge is 2.57. The van der Waals surface area contributed by atoms with E-state index in [1.165, 1.54) is 25.3 Å². The Balaban J connectivity index is 1.97. The molecule has 32 heavy (non-hydrogen) atoms. The lowest BCUT2D eigenvalue weighted by molar-refractivity contribution is -0.169. The SMILES string of the molecule is CC[C@H]1CC(C(=O)OC)(C(=O)OC)C[C@@H]1C[Si](C)(C)C(c1ccccc1)c1ccccc1. The molecule has 0 N–H and O–H groups in total. The largest absolute Gasteiger partial charge is 0.468 e. The lowest BCUT2D eigenvalue weighted by atomic mass is 9.85. The molecule has 2 aromatic carbocycles. The van der Waals surface area contributed by atoms with Crippen molar-refractivity contribution in [3.05, 3.63) is 71.8 Å². The van der Waals surface area contributed by atoms with Gasteiger partial charge in [-0.05, 0) is 35.8 Å². The topological polar surface area (TPSA) is 52.6 Å². The molecule has 1 aliphatic carbocycles. The van der Waals surface area contributed by atoms with Crippen molar-refractivity contribution in [2.45, 2.75) is 50.9 Å². The smallest absolute Gasteiger partial charge is 0.323 e. The van der Waals surface area contributed by atoms with Gasteiger partial charge in [0.1, 0.15) is 0 Å². The summed E-state index contributed by atoms with van der Waals surface area (Å²) in [6.07, 6.45) is 1.96. The summed E-state index contributed by atoms with van der Waals surface area (Å²) in [5.74, 6) is -0.318. The third-order valence-electron chi connectivity index (χ3n) is 7.40. The van der Waals surface area contributed by atoms with E-state index in [1.54, 1.807) is 0 Å². The van der Waals surface area contributed by atoms with Crippen molar-refractivity contribution in [1.82, 2.24) is 0 Å². The minimum absolute atomic E-state index is 0.287. The van der Waals surface area contributed by atoms with Crippen molar-refractivity contribution in [3.63, 3.8) is 0 Å². The zero-order chi connectivity index (χ0) is 23.4. The Hall–Kier alpha value is -2.40. The number of esters is 2. The molecule has 4 nitrogen and oxygen atoms in total. The van der Waals surface area contributed by atoms with E-state index < -0.39 is 25.4 Å². The molecular weight excluding hydrogens is 416 g/mol. The summed E-state index contributed by atoms with van der Waals surface area (Å²) in [4.78, 5) is 25.5. The average molecular weight is 453 g/mol. The minimum atomic E-state index is -1.89. The number of rotatable bonds is 8. The zero-order valence-corrected chi connectivity index (χ0v) is 21.0. The van der Waals surface area contributed by atoms with Crippen LogP contribution in [0.15, 0.2) is 60.7 Å². The van der Waals surface area contributed by atoms with Gasteiger partial charge in [0.05, 0.1) is 22.3 Å². The van der Waals surface area contributed by atoms with Crippen LogP contribution in [-0.2, 0) is 19.1 Å². The molecule has 0 radical (unpaired) electrons. The first-order chi connectivity index (χ1) is 15.3. The molecule has 0 amide bonds. The molecule has 1 saturated carbocycles.